The molecule has 1 fully saturated rings. The van der Waals surface area contributed by atoms with Crippen molar-refractivity contribution in [2.75, 3.05) is 0 Å². The van der Waals surface area contributed by atoms with Gasteiger partial charge in [-0.1, -0.05) is 18.0 Å². The fourth-order valence-corrected chi connectivity index (χ4v) is 2.78. The highest BCUT2D eigenvalue weighted by molar-refractivity contribution is 5.55. The number of nitrogens with zero attached hydrogens (tertiary/aromatic N) is 6. The molecule has 0 aromatic carbocycles. The summed E-state index contributed by atoms with van der Waals surface area (Å²) in [7, 11) is 0. The van der Waals surface area contributed by atoms with Gasteiger partial charge in [-0.15, -0.1) is 0 Å². The largest absolute Gasteiger partial charge is 0.334 e. The minimum Gasteiger partial charge on any atom is -0.334 e. The Morgan fingerprint density at radius 1 is 1.27 bits per heavy atom. The average molecular weight is 297 g/mol. The van der Waals surface area contributed by atoms with Crippen LogP contribution in [-0.2, 0) is 5.54 Å². The molecule has 1 aliphatic carbocycles. The van der Waals surface area contributed by atoms with Gasteiger partial charge in [0.05, 0.1) is 5.54 Å². The maximum absolute atomic E-state index is 6.36. The highest BCUT2D eigenvalue weighted by atomic mass is 16.5. The van der Waals surface area contributed by atoms with E-state index in [0.29, 0.717) is 17.5 Å². The van der Waals surface area contributed by atoms with E-state index in [1.165, 1.54) is 6.33 Å². The Bertz CT molecular complexity index is 774. The lowest BCUT2D eigenvalue weighted by atomic mass is 9.99. The van der Waals surface area contributed by atoms with Crippen molar-refractivity contribution in [2.45, 2.75) is 31.2 Å². The first-order valence-electron chi connectivity index (χ1n) is 7.19. The molecule has 0 atom stereocenters. The van der Waals surface area contributed by atoms with Crippen LogP contribution in [-0.4, -0.2) is 29.9 Å². The molecule has 0 aliphatic heterocycles. The van der Waals surface area contributed by atoms with Gasteiger partial charge in [0.2, 0.25) is 0 Å². The summed E-state index contributed by atoms with van der Waals surface area (Å²) in [6.07, 6.45) is 8.71. The fourth-order valence-electron chi connectivity index (χ4n) is 2.78. The summed E-state index contributed by atoms with van der Waals surface area (Å²) in [6.45, 7) is 0. The molecule has 1 saturated carbocycles. The minimum absolute atomic E-state index is 0.440. The second-order valence-corrected chi connectivity index (χ2v) is 5.53. The first-order valence-corrected chi connectivity index (χ1v) is 7.19. The third-order valence-electron chi connectivity index (χ3n) is 4.01. The number of hydrogen-bond donors (Lipinski definition) is 1. The third kappa shape index (κ3) is 2.17. The van der Waals surface area contributed by atoms with Gasteiger partial charge in [-0.2, -0.15) is 10.1 Å². The van der Waals surface area contributed by atoms with E-state index in [4.69, 9.17) is 10.3 Å². The van der Waals surface area contributed by atoms with Crippen LogP contribution in [0.15, 0.2) is 35.5 Å². The summed E-state index contributed by atoms with van der Waals surface area (Å²) in [4.78, 5) is 12.6. The van der Waals surface area contributed by atoms with E-state index < -0.39 is 5.54 Å². The normalized spacial score (nSPS) is 17.0. The Balaban J connectivity index is 1.68. The van der Waals surface area contributed by atoms with E-state index >= 15 is 0 Å². The zero-order valence-corrected chi connectivity index (χ0v) is 11.9. The van der Waals surface area contributed by atoms with Crippen molar-refractivity contribution in [3.63, 3.8) is 0 Å². The summed E-state index contributed by atoms with van der Waals surface area (Å²) in [5.41, 5.74) is 6.68. The van der Waals surface area contributed by atoms with Crippen LogP contribution in [0.2, 0.25) is 0 Å². The number of aromatic nitrogens is 6. The van der Waals surface area contributed by atoms with Crippen molar-refractivity contribution >= 4 is 0 Å². The smallest absolute Gasteiger partial charge is 0.258 e. The van der Waals surface area contributed by atoms with Crippen molar-refractivity contribution < 1.29 is 4.52 Å². The fraction of sp³-hybridized carbons (Fsp3) is 0.357. The van der Waals surface area contributed by atoms with Gasteiger partial charge in [-0.05, 0) is 25.0 Å². The van der Waals surface area contributed by atoms with Crippen LogP contribution in [0.1, 0.15) is 31.5 Å². The molecule has 8 heteroatoms. The van der Waals surface area contributed by atoms with Crippen LogP contribution >= 0.6 is 0 Å². The van der Waals surface area contributed by atoms with Gasteiger partial charge in [0, 0.05) is 11.8 Å². The summed E-state index contributed by atoms with van der Waals surface area (Å²) in [5.74, 6) is 1.66. The Morgan fingerprint density at radius 2 is 2.14 bits per heavy atom. The van der Waals surface area contributed by atoms with Crippen LogP contribution in [0.4, 0.5) is 0 Å². The molecule has 0 saturated heterocycles. The molecule has 8 nitrogen and oxygen atoms in total. The number of pyridine rings is 1. The Kier molecular flexibility index (Phi) is 2.97. The van der Waals surface area contributed by atoms with Crippen LogP contribution < -0.4 is 5.73 Å². The Labute approximate surface area is 126 Å². The predicted octanol–water partition coefficient (Wildman–Crippen LogP) is 1.44. The third-order valence-corrected chi connectivity index (χ3v) is 4.01. The van der Waals surface area contributed by atoms with Crippen LogP contribution in [0.25, 0.3) is 17.3 Å². The molecule has 3 heterocycles. The van der Waals surface area contributed by atoms with Gasteiger partial charge in [-0.3, -0.25) is 0 Å². The maximum atomic E-state index is 6.36. The second-order valence-electron chi connectivity index (χ2n) is 5.53. The van der Waals surface area contributed by atoms with E-state index in [-0.39, 0.29) is 0 Å². The van der Waals surface area contributed by atoms with Gasteiger partial charge in [0.25, 0.3) is 5.89 Å². The molecule has 112 valence electrons. The van der Waals surface area contributed by atoms with Gasteiger partial charge in [0.15, 0.2) is 11.6 Å². The maximum Gasteiger partial charge on any atom is 0.258 e. The standard InChI is InChI=1S/C14H15N7O/c15-14(4-1-2-5-14)13-19-12(22-20-13)10-3-6-17-11(7-10)21-9-16-8-18-21/h3,6-9H,1-2,4-5,15H2. The highest BCUT2D eigenvalue weighted by Crippen LogP contribution is 2.35. The molecule has 1 aliphatic rings. The molecule has 0 bridgehead atoms. The molecular formula is C14H15N7O. The molecular weight excluding hydrogens is 282 g/mol. The molecule has 0 amide bonds. The lowest BCUT2D eigenvalue weighted by molar-refractivity contribution is 0.372. The van der Waals surface area contributed by atoms with Gasteiger partial charge in [-0.25, -0.2) is 14.6 Å². The van der Waals surface area contributed by atoms with Crippen molar-refractivity contribution in [2.24, 2.45) is 5.73 Å². The number of hydrogen-bond acceptors (Lipinski definition) is 7. The summed E-state index contributed by atoms with van der Waals surface area (Å²) in [5, 5.41) is 8.13. The molecule has 2 N–H and O–H groups in total. The Morgan fingerprint density at radius 3 is 2.91 bits per heavy atom. The number of nitrogens with two attached hydrogens (primary N) is 1. The van der Waals surface area contributed by atoms with E-state index in [1.54, 1.807) is 17.2 Å². The topological polar surface area (TPSA) is 109 Å². The Hall–Kier alpha value is -2.61. The first kappa shape index (κ1) is 13.1. The van der Waals surface area contributed by atoms with Crippen LogP contribution in [0, 0.1) is 0 Å². The summed E-state index contributed by atoms with van der Waals surface area (Å²) < 4.78 is 6.96. The zero-order valence-electron chi connectivity index (χ0n) is 11.9. The summed E-state index contributed by atoms with van der Waals surface area (Å²) >= 11 is 0. The first-order chi connectivity index (χ1) is 10.7. The monoisotopic (exact) mass is 297 g/mol. The quantitative estimate of drug-likeness (QED) is 0.779. The van der Waals surface area contributed by atoms with Crippen molar-refractivity contribution in [1.29, 1.82) is 0 Å². The molecule has 22 heavy (non-hydrogen) atoms. The van der Waals surface area contributed by atoms with E-state index in [1.807, 2.05) is 12.1 Å². The van der Waals surface area contributed by atoms with E-state index in [0.717, 1.165) is 31.2 Å². The molecule has 3 aromatic rings. The zero-order chi connectivity index (χ0) is 15.0. The molecule has 0 unspecified atom stereocenters. The molecule has 0 spiro atoms. The van der Waals surface area contributed by atoms with Crippen LogP contribution in [0.3, 0.4) is 0 Å². The molecule has 0 radical (unpaired) electrons. The lowest BCUT2D eigenvalue weighted by Crippen LogP contribution is -2.34. The molecule has 4 rings (SSSR count). The van der Waals surface area contributed by atoms with Gasteiger partial charge in [0.1, 0.15) is 12.7 Å². The van der Waals surface area contributed by atoms with E-state index in [9.17, 15) is 0 Å². The average Bonchev–Trinajstić information content (AvgIpc) is 3.29. The summed E-state index contributed by atoms with van der Waals surface area (Å²) in [6, 6.07) is 3.64. The van der Waals surface area contributed by atoms with Crippen molar-refractivity contribution in [3.05, 3.63) is 36.8 Å². The van der Waals surface area contributed by atoms with Gasteiger partial charge < -0.3 is 10.3 Å². The van der Waals surface area contributed by atoms with Crippen molar-refractivity contribution in [1.82, 2.24) is 29.9 Å². The minimum atomic E-state index is -0.455. The second kappa shape index (κ2) is 4.99. The van der Waals surface area contributed by atoms with Gasteiger partial charge >= 0.3 is 0 Å². The van der Waals surface area contributed by atoms with Crippen molar-refractivity contribution in [3.8, 4) is 17.3 Å². The molecule has 3 aromatic heterocycles. The van der Waals surface area contributed by atoms with E-state index in [2.05, 4.69) is 25.2 Å². The SMILES string of the molecule is NC1(c2noc(-c3ccnc(-n4cncn4)c3)n2)CCCC1. The van der Waals surface area contributed by atoms with Crippen LogP contribution in [0.5, 0.6) is 0 Å². The lowest BCUT2D eigenvalue weighted by Gasteiger charge is -2.17. The number of rotatable bonds is 3. The highest BCUT2D eigenvalue weighted by Gasteiger charge is 2.36. The predicted molar refractivity (Wildman–Crippen MR) is 76.8 cm³/mol.